The third-order valence-electron chi connectivity index (χ3n) is 9.87. The lowest BCUT2D eigenvalue weighted by atomic mass is 9.34. The van der Waals surface area contributed by atoms with Gasteiger partial charge in [0.05, 0.1) is 29.6 Å². The first-order valence-corrected chi connectivity index (χ1v) is 11.0. The number of hydrogen-bond acceptors (Lipinski definition) is 5. The number of aliphatic hydroxyl groups excluding tert-OH is 1. The molecular weight excluding hydrogens is 356 g/mol. The highest BCUT2D eigenvalue weighted by atomic mass is 16.5. The third-order valence-corrected chi connectivity index (χ3v) is 9.87. The van der Waals surface area contributed by atoms with E-state index in [-0.39, 0.29) is 40.8 Å². The Morgan fingerprint density at radius 3 is 2.46 bits per heavy atom. The Morgan fingerprint density at radius 2 is 1.86 bits per heavy atom. The topological polar surface area (TPSA) is 83.8 Å². The van der Waals surface area contributed by atoms with Crippen LogP contribution in [-0.2, 0) is 14.3 Å². The Balaban J connectivity index is 1.81. The minimum atomic E-state index is -1.20. The Labute approximate surface area is 168 Å². The molecule has 5 aliphatic rings. The molecule has 0 aromatic rings. The van der Waals surface area contributed by atoms with Crippen molar-refractivity contribution < 1.29 is 24.5 Å². The molecule has 8 atom stereocenters. The average molecular weight is 393 g/mol. The number of hydrogen-bond donors (Lipinski definition) is 2. The van der Waals surface area contributed by atoms with Gasteiger partial charge in [-0.15, -0.1) is 0 Å². The van der Waals surface area contributed by atoms with Crippen LogP contribution in [0.2, 0.25) is 0 Å². The van der Waals surface area contributed by atoms with Crippen LogP contribution in [0.25, 0.3) is 0 Å². The summed E-state index contributed by atoms with van der Waals surface area (Å²) in [5.41, 5.74) is -2.81. The Bertz CT molecular complexity index is 703. The summed E-state index contributed by atoms with van der Waals surface area (Å²) >= 11 is 0. The minimum absolute atomic E-state index is 0.0170. The predicted octanol–water partition coefficient (Wildman–Crippen LogP) is 3.11. The lowest BCUT2D eigenvalue weighted by Crippen LogP contribution is -2.76. The number of rotatable bonds is 2. The highest BCUT2D eigenvalue weighted by Gasteiger charge is 2.75. The highest BCUT2D eigenvalue weighted by molar-refractivity contribution is 5.89. The van der Waals surface area contributed by atoms with Crippen LogP contribution in [0.4, 0.5) is 0 Å². The normalized spacial score (nSPS) is 52.9. The molecule has 5 nitrogen and oxygen atoms in total. The van der Waals surface area contributed by atoms with Gasteiger partial charge in [0, 0.05) is 6.42 Å². The van der Waals surface area contributed by atoms with Crippen LogP contribution in [0.3, 0.4) is 0 Å². The number of carbonyl (C=O) groups excluding carboxylic acids is 2. The highest BCUT2D eigenvalue weighted by Crippen LogP contribution is 2.72. The van der Waals surface area contributed by atoms with Crippen LogP contribution in [0.5, 0.6) is 0 Å². The summed E-state index contributed by atoms with van der Waals surface area (Å²) in [4.78, 5) is 26.1. The molecule has 1 spiro atoms. The molecule has 0 aliphatic heterocycles. The molecule has 0 saturated heterocycles. The van der Waals surface area contributed by atoms with E-state index in [1.807, 2.05) is 20.8 Å². The number of aliphatic hydroxyl groups is 2. The Hall–Kier alpha value is -0.940. The van der Waals surface area contributed by atoms with Crippen molar-refractivity contribution in [1.82, 2.24) is 0 Å². The quantitative estimate of drug-likeness (QED) is 0.706. The number of ether oxygens (including phenoxy) is 1. The van der Waals surface area contributed by atoms with Gasteiger partial charge >= 0.3 is 5.97 Å². The molecule has 158 valence electrons. The zero-order chi connectivity index (χ0) is 20.7. The SMILES string of the molecule is COC(=O)[C@]1(C)CCC[C@]2(C)[C@H]3C[C@@H]4CC(=O)[C@@]3(CC[C@H]21)[C@@H](O)[C@]4(O)C(C)C. The van der Waals surface area contributed by atoms with Crippen LogP contribution >= 0.6 is 0 Å². The Morgan fingerprint density at radius 1 is 1.18 bits per heavy atom. The standard InChI is InChI=1S/C23H36O5/c1-13(2)23(27)14-11-16-20(3)8-6-9-21(4,19(26)28-5)15(20)7-10-22(16,18(23)25)17(24)12-14/h13-16,18,25,27H,6-12H2,1-5H3/t14-,15-,16-,18-,20+,21-,22+,23+/m1/s1. The molecule has 0 heterocycles. The molecule has 5 saturated carbocycles. The number of ketones is 1. The zero-order valence-electron chi connectivity index (χ0n) is 18.0. The number of Topliss-reactive ketones (excluding diaryl/α,β-unsaturated/α-hetero) is 1. The summed E-state index contributed by atoms with van der Waals surface area (Å²) in [6.07, 6.45) is 4.10. The monoisotopic (exact) mass is 392 g/mol. The van der Waals surface area contributed by atoms with Gasteiger partial charge in [0.25, 0.3) is 0 Å². The summed E-state index contributed by atoms with van der Waals surface area (Å²) in [6.45, 7) is 8.16. The molecule has 0 unspecified atom stereocenters. The summed E-state index contributed by atoms with van der Waals surface area (Å²) in [5.74, 6) is -0.159. The zero-order valence-corrected chi connectivity index (χ0v) is 18.0. The second-order valence-corrected chi connectivity index (χ2v) is 11.0. The molecule has 0 radical (unpaired) electrons. The molecule has 2 N–H and O–H groups in total. The number of esters is 1. The predicted molar refractivity (Wildman–Crippen MR) is 104 cm³/mol. The van der Waals surface area contributed by atoms with E-state index in [1.54, 1.807) is 0 Å². The van der Waals surface area contributed by atoms with Gasteiger partial charge in [-0.2, -0.15) is 0 Å². The molecule has 5 heteroatoms. The molecular formula is C23H36O5. The van der Waals surface area contributed by atoms with E-state index in [0.29, 0.717) is 12.8 Å². The summed E-state index contributed by atoms with van der Waals surface area (Å²) in [5, 5.41) is 23.0. The van der Waals surface area contributed by atoms with Crippen molar-refractivity contribution in [3.8, 4) is 0 Å². The summed E-state index contributed by atoms with van der Waals surface area (Å²) in [7, 11) is 1.46. The Kier molecular flexibility index (Phi) is 4.39. The van der Waals surface area contributed by atoms with Crippen LogP contribution in [0, 0.1) is 39.9 Å². The number of fused-ring (bicyclic) bond motifs is 3. The summed E-state index contributed by atoms with van der Waals surface area (Å²) < 4.78 is 5.19. The van der Waals surface area contributed by atoms with Crippen LogP contribution in [0.15, 0.2) is 0 Å². The largest absolute Gasteiger partial charge is 0.469 e. The minimum Gasteiger partial charge on any atom is -0.469 e. The van der Waals surface area contributed by atoms with E-state index >= 15 is 0 Å². The van der Waals surface area contributed by atoms with Gasteiger partial charge in [0.2, 0.25) is 0 Å². The number of carbonyl (C=O) groups is 2. The molecule has 0 aromatic carbocycles. The maximum Gasteiger partial charge on any atom is 0.311 e. The molecule has 0 aromatic heterocycles. The average Bonchev–Trinajstić information content (AvgIpc) is 2.64. The maximum absolute atomic E-state index is 13.3. The van der Waals surface area contributed by atoms with E-state index in [1.165, 1.54) is 7.11 Å². The lowest BCUT2D eigenvalue weighted by molar-refractivity contribution is -0.285. The fourth-order valence-electron chi connectivity index (χ4n) is 8.45. The van der Waals surface area contributed by atoms with Crippen molar-refractivity contribution >= 4 is 11.8 Å². The van der Waals surface area contributed by atoms with Crippen molar-refractivity contribution in [1.29, 1.82) is 0 Å². The molecule has 5 fully saturated rings. The van der Waals surface area contributed by atoms with Gasteiger partial charge in [-0.3, -0.25) is 9.59 Å². The second kappa shape index (κ2) is 6.04. The van der Waals surface area contributed by atoms with Crippen LogP contribution < -0.4 is 0 Å². The van der Waals surface area contributed by atoms with Crippen LogP contribution in [-0.4, -0.2) is 40.8 Å². The fourth-order valence-corrected chi connectivity index (χ4v) is 8.45. The van der Waals surface area contributed by atoms with Crippen molar-refractivity contribution in [2.24, 2.45) is 39.9 Å². The molecule has 5 aliphatic carbocycles. The van der Waals surface area contributed by atoms with Gasteiger partial charge < -0.3 is 14.9 Å². The van der Waals surface area contributed by atoms with Gasteiger partial charge in [-0.1, -0.05) is 27.2 Å². The first kappa shape index (κ1) is 20.3. The van der Waals surface area contributed by atoms with Gasteiger partial charge in [0.15, 0.2) is 0 Å². The van der Waals surface area contributed by atoms with Crippen LogP contribution in [0.1, 0.15) is 72.6 Å². The summed E-state index contributed by atoms with van der Waals surface area (Å²) in [6, 6.07) is 0. The van der Waals surface area contributed by atoms with E-state index in [0.717, 1.165) is 32.1 Å². The van der Waals surface area contributed by atoms with Crippen molar-refractivity contribution in [2.75, 3.05) is 7.11 Å². The molecule has 28 heavy (non-hydrogen) atoms. The van der Waals surface area contributed by atoms with Crippen molar-refractivity contribution in [3.63, 3.8) is 0 Å². The third kappa shape index (κ3) is 2.10. The number of methoxy groups -OCH3 is 1. The van der Waals surface area contributed by atoms with Gasteiger partial charge in [-0.05, 0) is 68.1 Å². The lowest BCUT2D eigenvalue weighted by Gasteiger charge is -2.71. The van der Waals surface area contributed by atoms with E-state index < -0.39 is 22.5 Å². The molecule has 0 amide bonds. The van der Waals surface area contributed by atoms with Crippen molar-refractivity contribution in [2.45, 2.75) is 84.3 Å². The molecule has 2 bridgehead atoms. The molecule has 5 rings (SSSR count). The van der Waals surface area contributed by atoms with E-state index in [4.69, 9.17) is 4.74 Å². The van der Waals surface area contributed by atoms with Crippen molar-refractivity contribution in [3.05, 3.63) is 0 Å². The van der Waals surface area contributed by atoms with E-state index in [9.17, 15) is 19.8 Å². The second-order valence-electron chi connectivity index (χ2n) is 11.0. The van der Waals surface area contributed by atoms with Gasteiger partial charge in [-0.25, -0.2) is 0 Å². The first-order chi connectivity index (χ1) is 13.0. The smallest absolute Gasteiger partial charge is 0.311 e. The first-order valence-electron chi connectivity index (χ1n) is 11.0. The van der Waals surface area contributed by atoms with Gasteiger partial charge in [0.1, 0.15) is 5.78 Å². The maximum atomic E-state index is 13.3. The fraction of sp³-hybridized carbons (Fsp3) is 0.913. The van der Waals surface area contributed by atoms with E-state index in [2.05, 4.69) is 6.92 Å².